The highest BCUT2D eigenvalue weighted by molar-refractivity contribution is 5.04. The summed E-state index contributed by atoms with van der Waals surface area (Å²) >= 11 is 0. The molecule has 25 heavy (non-hydrogen) atoms. The van der Waals surface area contributed by atoms with Crippen molar-refractivity contribution in [1.29, 1.82) is 0 Å². The van der Waals surface area contributed by atoms with Crippen molar-refractivity contribution in [3.05, 3.63) is 23.3 Å². The van der Waals surface area contributed by atoms with Gasteiger partial charge in [0, 0.05) is 25.7 Å². The fraction of sp³-hybridized carbons (Fsp3) is 0.826. The Morgan fingerprint density at radius 2 is 1.52 bits per heavy atom. The molecule has 2 nitrogen and oxygen atoms in total. The Morgan fingerprint density at radius 3 is 2.12 bits per heavy atom. The summed E-state index contributed by atoms with van der Waals surface area (Å²) in [5, 5.41) is 7.51. The summed E-state index contributed by atoms with van der Waals surface area (Å²) in [6.07, 6.45) is 13.1. The van der Waals surface area contributed by atoms with Gasteiger partial charge in [-0.1, -0.05) is 30.2 Å². The highest BCUT2D eigenvalue weighted by atomic mass is 15.0. The fourth-order valence-corrected chi connectivity index (χ4v) is 5.85. The molecular weight excluding hydrogens is 304 g/mol. The van der Waals surface area contributed by atoms with Gasteiger partial charge in [-0.3, -0.25) is 0 Å². The molecule has 142 valence electrons. The van der Waals surface area contributed by atoms with E-state index in [1.165, 1.54) is 49.7 Å². The van der Waals surface area contributed by atoms with Crippen LogP contribution < -0.4 is 10.6 Å². The van der Waals surface area contributed by atoms with Crippen LogP contribution in [0.1, 0.15) is 66.2 Å². The van der Waals surface area contributed by atoms with E-state index in [0.717, 1.165) is 55.3 Å². The molecule has 0 radical (unpaired) electrons. The third kappa shape index (κ3) is 4.98. The molecule has 4 aliphatic carbocycles. The van der Waals surface area contributed by atoms with Gasteiger partial charge in [-0.05, 0) is 88.9 Å². The second-order valence-corrected chi connectivity index (χ2v) is 9.40. The van der Waals surface area contributed by atoms with Crippen LogP contribution in [0, 0.1) is 29.6 Å². The molecule has 4 saturated carbocycles. The maximum Gasteiger partial charge on any atom is 0.0137 e. The molecule has 4 aliphatic rings. The minimum Gasteiger partial charge on any atom is -0.312 e. The summed E-state index contributed by atoms with van der Waals surface area (Å²) < 4.78 is 0. The fourth-order valence-electron chi connectivity index (χ4n) is 5.85. The monoisotopic (exact) mass is 344 g/mol. The lowest BCUT2D eigenvalue weighted by atomic mass is 9.50. The quantitative estimate of drug-likeness (QED) is 0.458. The maximum atomic E-state index is 3.92. The highest BCUT2D eigenvalue weighted by Crippen LogP contribution is 2.56. The van der Waals surface area contributed by atoms with Gasteiger partial charge in [-0.2, -0.15) is 0 Å². The molecule has 0 saturated heterocycles. The number of allylic oxidation sites excluding steroid dienone is 3. The Morgan fingerprint density at radius 1 is 0.880 bits per heavy atom. The third-order valence-electron chi connectivity index (χ3n) is 7.29. The molecule has 0 aromatic heterocycles. The van der Waals surface area contributed by atoms with Crippen LogP contribution in [0.3, 0.4) is 0 Å². The predicted octanol–water partition coefficient (Wildman–Crippen LogP) is 4.93. The van der Waals surface area contributed by atoms with Gasteiger partial charge in [0.05, 0.1) is 0 Å². The normalized spacial score (nSPS) is 36.7. The molecule has 2 heteroatoms. The van der Waals surface area contributed by atoms with Crippen LogP contribution in [0.25, 0.3) is 0 Å². The Hall–Kier alpha value is -0.600. The molecule has 0 amide bonds. The summed E-state index contributed by atoms with van der Waals surface area (Å²) in [5.74, 6) is 5.09. The topological polar surface area (TPSA) is 24.1 Å². The van der Waals surface area contributed by atoms with Gasteiger partial charge in [0.25, 0.3) is 0 Å². The molecule has 2 N–H and O–H groups in total. The smallest absolute Gasteiger partial charge is 0.0137 e. The van der Waals surface area contributed by atoms with Gasteiger partial charge in [0.2, 0.25) is 0 Å². The summed E-state index contributed by atoms with van der Waals surface area (Å²) in [6, 6.07) is 0.822. The molecule has 0 aromatic carbocycles. The maximum absolute atomic E-state index is 3.92. The first-order valence-corrected chi connectivity index (χ1v) is 10.8. The minimum absolute atomic E-state index is 0.822. The summed E-state index contributed by atoms with van der Waals surface area (Å²) in [6.45, 7) is 12.4. The van der Waals surface area contributed by atoms with Gasteiger partial charge in [0.15, 0.2) is 0 Å². The summed E-state index contributed by atoms with van der Waals surface area (Å²) in [7, 11) is 0. The first-order chi connectivity index (χ1) is 12.0. The van der Waals surface area contributed by atoms with E-state index in [-0.39, 0.29) is 0 Å². The van der Waals surface area contributed by atoms with E-state index in [1.807, 2.05) is 0 Å². The van der Waals surface area contributed by atoms with E-state index in [1.54, 1.807) is 0 Å². The molecule has 0 aromatic rings. The van der Waals surface area contributed by atoms with Crippen molar-refractivity contribution in [2.75, 3.05) is 19.6 Å². The van der Waals surface area contributed by atoms with Crippen LogP contribution in [0.2, 0.25) is 0 Å². The Balaban J connectivity index is 1.29. The van der Waals surface area contributed by atoms with Gasteiger partial charge in [-0.15, -0.1) is 0 Å². The zero-order chi connectivity index (χ0) is 17.8. The van der Waals surface area contributed by atoms with Crippen molar-refractivity contribution < 1.29 is 0 Å². The van der Waals surface area contributed by atoms with Crippen LogP contribution in [0.4, 0.5) is 0 Å². The molecule has 4 fully saturated rings. The van der Waals surface area contributed by atoms with Crippen molar-refractivity contribution in [2.24, 2.45) is 29.6 Å². The Kier molecular flexibility index (Phi) is 6.79. The van der Waals surface area contributed by atoms with Gasteiger partial charge >= 0.3 is 0 Å². The van der Waals surface area contributed by atoms with Crippen LogP contribution in [0.15, 0.2) is 23.3 Å². The molecule has 0 spiro atoms. The van der Waals surface area contributed by atoms with Crippen LogP contribution in [-0.2, 0) is 0 Å². The molecule has 0 unspecified atom stereocenters. The lowest BCUT2D eigenvalue weighted by molar-refractivity contribution is -0.0540. The molecular formula is C23H40N2. The van der Waals surface area contributed by atoms with Crippen molar-refractivity contribution in [3.63, 3.8) is 0 Å². The zero-order valence-electron chi connectivity index (χ0n) is 17.0. The second kappa shape index (κ2) is 8.86. The van der Waals surface area contributed by atoms with Crippen LogP contribution >= 0.6 is 0 Å². The lowest BCUT2D eigenvalue weighted by Gasteiger charge is -2.57. The Bertz CT molecular complexity index is 456. The minimum atomic E-state index is 0.822. The van der Waals surface area contributed by atoms with Crippen molar-refractivity contribution in [1.82, 2.24) is 10.6 Å². The largest absolute Gasteiger partial charge is 0.312 e. The number of hydrogen-bond donors (Lipinski definition) is 2. The molecule has 0 heterocycles. The standard InChI is InChI=1S/C23H40N2/c1-16(2)6-5-7-17(3)8-9-24-10-11-25-23-21-12-19-13-22(23)15-20(14-21)18(19)4/h6,8,18-25H,5,7,9-15H2,1-4H3/b17-8+. The molecule has 4 bridgehead atoms. The highest BCUT2D eigenvalue weighted by Gasteiger charge is 2.51. The number of hydrogen-bond acceptors (Lipinski definition) is 2. The SMILES string of the molecule is CC(C)=CCC/C(C)=C/CNCCNC1C2CC3CC1CC(C2)C3C. The average molecular weight is 345 g/mol. The van der Waals surface area contributed by atoms with E-state index in [4.69, 9.17) is 0 Å². The third-order valence-corrected chi connectivity index (χ3v) is 7.29. The van der Waals surface area contributed by atoms with E-state index in [9.17, 15) is 0 Å². The second-order valence-electron chi connectivity index (χ2n) is 9.40. The van der Waals surface area contributed by atoms with Crippen molar-refractivity contribution in [3.8, 4) is 0 Å². The first kappa shape index (κ1) is 19.2. The summed E-state index contributed by atoms with van der Waals surface area (Å²) in [5.41, 5.74) is 2.93. The van der Waals surface area contributed by atoms with Crippen molar-refractivity contribution in [2.45, 2.75) is 72.3 Å². The van der Waals surface area contributed by atoms with Crippen LogP contribution in [-0.4, -0.2) is 25.7 Å². The van der Waals surface area contributed by atoms with E-state index in [2.05, 4.69) is 50.5 Å². The molecule has 0 atom stereocenters. The predicted molar refractivity (Wildman–Crippen MR) is 109 cm³/mol. The van der Waals surface area contributed by atoms with Gasteiger partial charge < -0.3 is 10.6 Å². The van der Waals surface area contributed by atoms with Gasteiger partial charge in [-0.25, -0.2) is 0 Å². The van der Waals surface area contributed by atoms with Crippen molar-refractivity contribution >= 4 is 0 Å². The first-order valence-electron chi connectivity index (χ1n) is 10.8. The van der Waals surface area contributed by atoms with Crippen LogP contribution in [0.5, 0.6) is 0 Å². The average Bonchev–Trinajstić information content (AvgIpc) is 2.55. The van der Waals surface area contributed by atoms with E-state index >= 15 is 0 Å². The lowest BCUT2D eigenvalue weighted by Crippen LogP contribution is -2.57. The van der Waals surface area contributed by atoms with Gasteiger partial charge in [0.1, 0.15) is 0 Å². The zero-order valence-corrected chi connectivity index (χ0v) is 17.0. The number of nitrogens with one attached hydrogen (secondary N) is 2. The Labute approximate surface area is 155 Å². The summed E-state index contributed by atoms with van der Waals surface area (Å²) in [4.78, 5) is 0. The van der Waals surface area contributed by atoms with E-state index in [0.29, 0.717) is 0 Å². The molecule has 0 aliphatic heterocycles. The van der Waals surface area contributed by atoms with E-state index < -0.39 is 0 Å². The molecule has 4 rings (SSSR count). The number of rotatable bonds is 9.